The number of amides is 3. The summed E-state index contributed by atoms with van der Waals surface area (Å²) in [4.78, 5) is 33.3. The van der Waals surface area contributed by atoms with Crippen LogP contribution in [0.25, 0.3) is 0 Å². The SMILES string of the molecule is COc1ccc(CCN(Cc2ccc(C)s2)C(=O)CN(C(=O)Nc2ccc(Cl)cc2)C2CCCCC2)cc1OC. The predicted molar refractivity (Wildman–Crippen MR) is 162 cm³/mol. The second-order valence-corrected chi connectivity index (χ2v) is 11.9. The molecule has 0 bridgehead atoms. The number of methoxy groups -OCH3 is 2. The molecular weight excluding hydrogens is 546 g/mol. The molecule has 4 rings (SSSR count). The van der Waals surface area contributed by atoms with Crippen molar-refractivity contribution in [3.63, 3.8) is 0 Å². The van der Waals surface area contributed by atoms with Gasteiger partial charge >= 0.3 is 6.03 Å². The van der Waals surface area contributed by atoms with Crippen LogP contribution in [0.3, 0.4) is 0 Å². The van der Waals surface area contributed by atoms with Crippen molar-refractivity contribution in [2.45, 2.75) is 58.0 Å². The highest BCUT2D eigenvalue weighted by molar-refractivity contribution is 7.11. The molecule has 1 aliphatic rings. The lowest BCUT2D eigenvalue weighted by atomic mass is 9.94. The second kappa shape index (κ2) is 14.4. The third-order valence-electron chi connectivity index (χ3n) is 7.29. The van der Waals surface area contributed by atoms with E-state index in [1.165, 1.54) is 4.88 Å². The zero-order valence-corrected chi connectivity index (χ0v) is 25.0. The zero-order chi connectivity index (χ0) is 28.5. The number of nitrogens with zero attached hydrogens (tertiary/aromatic N) is 2. The molecule has 3 aromatic rings. The van der Waals surface area contributed by atoms with Crippen molar-refractivity contribution in [2.24, 2.45) is 0 Å². The minimum absolute atomic E-state index is 0.0282. The molecule has 1 fully saturated rings. The Balaban J connectivity index is 1.52. The number of carbonyl (C=O) groups excluding carboxylic acids is 2. The van der Waals surface area contributed by atoms with Crippen molar-refractivity contribution in [2.75, 3.05) is 32.6 Å². The van der Waals surface area contributed by atoms with E-state index in [1.54, 1.807) is 54.7 Å². The maximum Gasteiger partial charge on any atom is 0.322 e. The van der Waals surface area contributed by atoms with Gasteiger partial charge in [0.15, 0.2) is 11.5 Å². The van der Waals surface area contributed by atoms with Crippen LogP contribution in [0.2, 0.25) is 5.02 Å². The molecule has 0 unspecified atom stereocenters. The molecule has 40 heavy (non-hydrogen) atoms. The van der Waals surface area contributed by atoms with Crippen molar-refractivity contribution in [3.8, 4) is 11.5 Å². The van der Waals surface area contributed by atoms with Gasteiger partial charge in [-0.3, -0.25) is 4.79 Å². The predicted octanol–water partition coefficient (Wildman–Crippen LogP) is 7.17. The standard InChI is InChI=1S/C31H38ClN3O4S/c1-22-9-15-27(40-22)20-34(18-17-23-10-16-28(38-2)29(19-23)39-3)30(36)21-35(26-7-5-4-6-8-26)31(37)33-25-13-11-24(32)12-14-25/h9-16,19,26H,4-8,17-18,20-21H2,1-3H3,(H,33,37). The number of aryl methyl sites for hydroxylation is 1. The summed E-state index contributed by atoms with van der Waals surface area (Å²) in [5, 5.41) is 3.58. The molecule has 1 N–H and O–H groups in total. The van der Waals surface area contributed by atoms with Gasteiger partial charge in [-0.15, -0.1) is 11.3 Å². The Hall–Kier alpha value is -3.23. The molecule has 2 aromatic carbocycles. The number of rotatable bonds is 11. The van der Waals surface area contributed by atoms with Gasteiger partial charge < -0.3 is 24.6 Å². The van der Waals surface area contributed by atoms with Crippen molar-refractivity contribution in [1.82, 2.24) is 9.80 Å². The van der Waals surface area contributed by atoms with E-state index in [-0.39, 0.29) is 24.5 Å². The van der Waals surface area contributed by atoms with E-state index in [4.69, 9.17) is 21.1 Å². The highest BCUT2D eigenvalue weighted by Gasteiger charge is 2.29. The third kappa shape index (κ3) is 8.15. The van der Waals surface area contributed by atoms with E-state index in [2.05, 4.69) is 24.4 Å². The summed E-state index contributed by atoms with van der Waals surface area (Å²) in [5.41, 5.74) is 1.70. The van der Waals surface area contributed by atoms with Crippen LogP contribution in [0.1, 0.15) is 47.4 Å². The fourth-order valence-corrected chi connectivity index (χ4v) is 6.12. The van der Waals surface area contributed by atoms with Gasteiger partial charge in [-0.1, -0.05) is 36.9 Å². The summed E-state index contributed by atoms with van der Waals surface area (Å²) < 4.78 is 10.8. The monoisotopic (exact) mass is 583 g/mol. The minimum atomic E-state index is -0.255. The highest BCUT2D eigenvalue weighted by atomic mass is 35.5. The van der Waals surface area contributed by atoms with Crippen LogP contribution in [0.4, 0.5) is 10.5 Å². The number of urea groups is 1. The lowest BCUT2D eigenvalue weighted by Crippen LogP contribution is -2.49. The number of benzene rings is 2. The van der Waals surface area contributed by atoms with Gasteiger partial charge in [-0.2, -0.15) is 0 Å². The highest BCUT2D eigenvalue weighted by Crippen LogP contribution is 2.28. The van der Waals surface area contributed by atoms with Gasteiger partial charge in [0.25, 0.3) is 0 Å². The minimum Gasteiger partial charge on any atom is -0.493 e. The maximum atomic E-state index is 13.9. The normalized spacial score (nSPS) is 13.5. The first-order chi connectivity index (χ1) is 19.4. The van der Waals surface area contributed by atoms with Crippen LogP contribution >= 0.6 is 22.9 Å². The van der Waals surface area contributed by atoms with Gasteiger partial charge in [-0.05, 0) is 80.3 Å². The Bertz CT molecular complexity index is 1270. The Morgan fingerprint density at radius 3 is 2.35 bits per heavy atom. The molecule has 7 nitrogen and oxygen atoms in total. The molecule has 0 spiro atoms. The quantitative estimate of drug-likeness (QED) is 0.260. The Kier molecular flexibility index (Phi) is 10.7. The van der Waals surface area contributed by atoms with Crippen LogP contribution in [-0.4, -0.2) is 55.1 Å². The van der Waals surface area contributed by atoms with Crippen LogP contribution in [0.15, 0.2) is 54.6 Å². The molecule has 1 heterocycles. The van der Waals surface area contributed by atoms with Crippen LogP contribution in [0.5, 0.6) is 11.5 Å². The number of nitrogens with one attached hydrogen (secondary N) is 1. The van der Waals surface area contributed by atoms with Crippen molar-refractivity contribution >= 4 is 40.6 Å². The molecule has 0 atom stereocenters. The molecule has 3 amide bonds. The molecule has 0 radical (unpaired) electrons. The Morgan fingerprint density at radius 2 is 1.70 bits per heavy atom. The molecule has 9 heteroatoms. The smallest absolute Gasteiger partial charge is 0.322 e. The van der Waals surface area contributed by atoms with E-state index in [0.29, 0.717) is 41.7 Å². The van der Waals surface area contributed by atoms with Crippen LogP contribution in [-0.2, 0) is 17.8 Å². The van der Waals surface area contributed by atoms with Crippen molar-refractivity contribution in [1.29, 1.82) is 0 Å². The van der Waals surface area contributed by atoms with Crippen molar-refractivity contribution in [3.05, 3.63) is 74.9 Å². The first-order valence-electron chi connectivity index (χ1n) is 13.7. The Morgan fingerprint density at radius 1 is 0.975 bits per heavy atom. The first kappa shape index (κ1) is 29.7. The molecule has 1 aliphatic carbocycles. The van der Waals surface area contributed by atoms with Crippen LogP contribution < -0.4 is 14.8 Å². The lowest BCUT2D eigenvalue weighted by Gasteiger charge is -2.35. The summed E-state index contributed by atoms with van der Waals surface area (Å²) in [7, 11) is 3.23. The van der Waals surface area contributed by atoms with Gasteiger partial charge in [-0.25, -0.2) is 4.79 Å². The molecule has 0 saturated heterocycles. The Labute approximate surface area is 246 Å². The average molecular weight is 584 g/mol. The van der Waals surface area contributed by atoms with Crippen LogP contribution in [0, 0.1) is 6.92 Å². The average Bonchev–Trinajstić information content (AvgIpc) is 3.39. The van der Waals surface area contributed by atoms with Gasteiger partial charge in [0.2, 0.25) is 5.91 Å². The summed E-state index contributed by atoms with van der Waals surface area (Å²) in [5.74, 6) is 1.26. The van der Waals surface area contributed by atoms with E-state index < -0.39 is 0 Å². The topological polar surface area (TPSA) is 71.1 Å². The fraction of sp³-hybridized carbons (Fsp3) is 0.419. The fourth-order valence-electron chi connectivity index (χ4n) is 5.08. The van der Waals surface area contributed by atoms with Gasteiger partial charge in [0.1, 0.15) is 6.54 Å². The van der Waals surface area contributed by atoms with E-state index >= 15 is 0 Å². The molecule has 1 aromatic heterocycles. The lowest BCUT2D eigenvalue weighted by molar-refractivity contribution is -0.132. The number of thiophene rings is 1. The molecule has 0 aliphatic heterocycles. The van der Waals surface area contributed by atoms with Gasteiger partial charge in [0.05, 0.1) is 20.8 Å². The number of ether oxygens (including phenoxy) is 2. The number of anilines is 1. The summed E-state index contributed by atoms with van der Waals surface area (Å²) in [6.07, 6.45) is 5.72. The summed E-state index contributed by atoms with van der Waals surface area (Å²) >= 11 is 7.71. The summed E-state index contributed by atoms with van der Waals surface area (Å²) in [6, 6.07) is 16.8. The van der Waals surface area contributed by atoms with E-state index in [0.717, 1.165) is 42.5 Å². The maximum absolute atomic E-state index is 13.9. The summed E-state index contributed by atoms with van der Waals surface area (Å²) in [6.45, 7) is 3.11. The number of carbonyl (C=O) groups is 2. The number of halogens is 1. The zero-order valence-electron chi connectivity index (χ0n) is 23.5. The van der Waals surface area contributed by atoms with E-state index in [1.807, 2.05) is 23.1 Å². The first-order valence-corrected chi connectivity index (χ1v) is 14.9. The third-order valence-corrected chi connectivity index (χ3v) is 8.53. The number of hydrogen-bond donors (Lipinski definition) is 1. The molecule has 1 saturated carbocycles. The van der Waals surface area contributed by atoms with Gasteiger partial charge in [0, 0.05) is 33.1 Å². The van der Waals surface area contributed by atoms with E-state index in [9.17, 15) is 9.59 Å². The largest absolute Gasteiger partial charge is 0.493 e. The van der Waals surface area contributed by atoms with Crippen molar-refractivity contribution < 1.29 is 19.1 Å². The molecular formula is C31H38ClN3O4S. The number of hydrogen-bond acceptors (Lipinski definition) is 5. The molecule has 214 valence electrons. The second-order valence-electron chi connectivity index (χ2n) is 10.1.